The number of rotatable bonds is 9. The van der Waals surface area contributed by atoms with Crippen LogP contribution in [-0.4, -0.2) is 67.4 Å². The van der Waals surface area contributed by atoms with Crippen molar-refractivity contribution in [2.75, 3.05) is 0 Å². The topological polar surface area (TPSA) is 230 Å². The van der Waals surface area contributed by atoms with E-state index in [1.54, 1.807) is 0 Å². The van der Waals surface area contributed by atoms with E-state index in [4.69, 9.17) is 9.47 Å². The zero-order valence-electron chi connectivity index (χ0n) is 19.9. The quantitative estimate of drug-likeness (QED) is 0.133. The fraction of sp³-hybridized carbons (Fsp3) is 0.240. The van der Waals surface area contributed by atoms with Crippen LogP contribution in [0.1, 0.15) is 24.0 Å². The van der Waals surface area contributed by atoms with Gasteiger partial charge in [-0.3, -0.25) is 0 Å². The third-order valence-electron chi connectivity index (χ3n) is 5.79. The lowest BCUT2D eigenvalue weighted by Crippen LogP contribution is -2.58. The average Bonchev–Trinajstić information content (AvgIpc) is 2.90. The molecule has 0 bridgehead atoms. The van der Waals surface area contributed by atoms with Crippen molar-refractivity contribution in [1.29, 1.82) is 0 Å². The Labute approximate surface area is 219 Å². The second-order valence-electron chi connectivity index (χ2n) is 8.53. The van der Waals surface area contributed by atoms with Crippen molar-refractivity contribution in [3.05, 3.63) is 69.5 Å². The van der Waals surface area contributed by atoms with Crippen LogP contribution in [-0.2, 0) is 23.9 Å². The number of carbonyl (C=O) groups excluding carboxylic acids is 2. The highest BCUT2D eigenvalue weighted by Crippen LogP contribution is 2.34. The van der Waals surface area contributed by atoms with Gasteiger partial charge in [-0.05, 0) is 57.9 Å². The van der Waals surface area contributed by atoms with Crippen LogP contribution in [0.3, 0.4) is 0 Å². The van der Waals surface area contributed by atoms with Crippen LogP contribution in [0.2, 0.25) is 0 Å². The Kier molecular flexibility index (Phi) is 8.85. The molecule has 5 N–H and O–H groups in total. The number of carbonyl (C=O) groups is 3. The van der Waals surface area contributed by atoms with Gasteiger partial charge in [0.25, 0.3) is 0 Å². The number of aliphatic carboxylic acids is 1. The van der Waals surface area contributed by atoms with E-state index >= 15 is 0 Å². The number of nitrogens with zero attached hydrogens (tertiary/aromatic N) is 2. The molecular formula is C25H22N2O12. The fourth-order valence-corrected chi connectivity index (χ4v) is 3.77. The second-order valence-corrected chi connectivity index (χ2v) is 8.53. The molecule has 204 valence electrons. The molecule has 1 aliphatic carbocycles. The molecule has 4 atom stereocenters. The van der Waals surface area contributed by atoms with Crippen molar-refractivity contribution in [2.24, 2.45) is 10.4 Å². The van der Waals surface area contributed by atoms with E-state index in [0.29, 0.717) is 5.56 Å². The van der Waals surface area contributed by atoms with Crippen molar-refractivity contribution >= 4 is 41.4 Å². The van der Waals surface area contributed by atoms with E-state index in [2.05, 4.69) is 10.4 Å². The number of hydrogen-bond donors (Lipinski definition) is 5. The van der Waals surface area contributed by atoms with E-state index in [-0.39, 0.29) is 22.7 Å². The van der Waals surface area contributed by atoms with Gasteiger partial charge in [0.05, 0.1) is 0 Å². The van der Waals surface area contributed by atoms with Crippen LogP contribution in [0.15, 0.2) is 58.9 Å². The van der Waals surface area contributed by atoms with Crippen LogP contribution in [0, 0.1) is 9.81 Å². The molecule has 0 aromatic heterocycles. The molecule has 0 amide bonds. The number of phenolic OH excluding ortho intramolecular Hbond substituents is 2. The van der Waals surface area contributed by atoms with Crippen molar-refractivity contribution in [1.82, 2.24) is 0 Å². The first kappa shape index (κ1) is 28.6. The van der Waals surface area contributed by atoms with Crippen LogP contribution in [0.25, 0.3) is 12.2 Å². The number of carboxylic acid groups (broad SMARTS) is 1. The summed E-state index contributed by atoms with van der Waals surface area (Å²) < 4.78 is 10.2. The molecular weight excluding hydrogens is 520 g/mol. The molecule has 3 rings (SSSR count). The second kappa shape index (κ2) is 12.1. The summed E-state index contributed by atoms with van der Waals surface area (Å²) in [5.74, 6) is -4.61. The molecule has 2 aromatic rings. The molecule has 0 aliphatic heterocycles. The molecule has 1 aliphatic rings. The Balaban J connectivity index is 1.72. The molecule has 0 radical (unpaired) electrons. The maximum absolute atomic E-state index is 12.4. The lowest BCUT2D eigenvalue weighted by atomic mass is 9.79. The number of aliphatic hydroxyl groups excluding tert-OH is 1. The summed E-state index contributed by atoms with van der Waals surface area (Å²) in [6, 6.07) is 7.45. The normalized spacial score (nSPS) is 22.9. The smallest absolute Gasteiger partial charge is 0.335 e. The first-order valence-electron chi connectivity index (χ1n) is 11.2. The van der Waals surface area contributed by atoms with Crippen LogP contribution in [0.4, 0.5) is 11.4 Å². The summed E-state index contributed by atoms with van der Waals surface area (Å²) in [6.45, 7) is 0. The van der Waals surface area contributed by atoms with Gasteiger partial charge in [0, 0.05) is 25.0 Å². The van der Waals surface area contributed by atoms with Crippen molar-refractivity contribution in [3.8, 4) is 11.5 Å². The van der Waals surface area contributed by atoms with Crippen molar-refractivity contribution in [2.45, 2.75) is 36.8 Å². The Bertz CT molecular complexity index is 1350. The van der Waals surface area contributed by atoms with Crippen molar-refractivity contribution < 1.29 is 49.4 Å². The third-order valence-corrected chi connectivity index (χ3v) is 5.79. The Morgan fingerprint density at radius 3 is 1.82 bits per heavy atom. The predicted molar refractivity (Wildman–Crippen MR) is 133 cm³/mol. The van der Waals surface area contributed by atoms with E-state index in [9.17, 15) is 49.7 Å². The zero-order chi connectivity index (χ0) is 28.7. The molecule has 14 heteroatoms. The largest absolute Gasteiger partial charge is 0.504 e. The van der Waals surface area contributed by atoms with Gasteiger partial charge in [0.15, 0.2) is 17.1 Å². The molecule has 1 unspecified atom stereocenters. The molecule has 0 heterocycles. The van der Waals surface area contributed by atoms with Gasteiger partial charge in [0.1, 0.15) is 29.7 Å². The summed E-state index contributed by atoms with van der Waals surface area (Å²) in [7, 11) is 0. The number of aromatic hydroxyl groups is 2. The molecule has 14 nitrogen and oxygen atoms in total. The number of carboxylic acids is 1. The molecule has 0 saturated heterocycles. The molecule has 39 heavy (non-hydrogen) atoms. The number of benzene rings is 2. The van der Waals surface area contributed by atoms with E-state index < -0.39 is 60.4 Å². The summed E-state index contributed by atoms with van der Waals surface area (Å²) in [5, 5.41) is 54.9. The van der Waals surface area contributed by atoms with Gasteiger partial charge in [-0.25, -0.2) is 14.4 Å². The molecule has 1 fully saturated rings. The molecule has 0 spiro atoms. The maximum Gasteiger partial charge on any atom is 0.335 e. The minimum Gasteiger partial charge on any atom is -0.504 e. The first-order valence-corrected chi connectivity index (χ1v) is 11.2. The number of aliphatic hydroxyl groups is 2. The number of nitroso groups, excluding NO2 is 2. The number of hydrogen-bond acceptors (Lipinski definition) is 13. The molecule has 1 saturated carbocycles. The standard InChI is InChI=1S/C25H22N2O12/c28-17-6-2-14(10-18(17)29)4-8-22(31)39-20-12-25(35,24(33)34)11-19(23(20)32)38-21(30)7-3-13-1-5-15(26-36)16(9-13)27-37/h1-10,19-20,23,28-29,32,35H,11-12H2,(H,33,34)/b7-3+,8-4+/t19?,20-,23-,25+/m1/s1. The predicted octanol–water partition coefficient (Wildman–Crippen LogP) is 2.41. The highest BCUT2D eigenvalue weighted by atomic mass is 16.6. The SMILES string of the molecule is O=Nc1ccc(/C=C/C(=O)OC2C[C@@](O)(C(=O)O)C[C@@H](OC(=O)/C=C/c3ccc(O)c(O)c3)[C@@H]2O)cc1N=O. The lowest BCUT2D eigenvalue weighted by molar-refractivity contribution is -0.203. The summed E-state index contributed by atoms with van der Waals surface area (Å²) >= 11 is 0. The van der Waals surface area contributed by atoms with Gasteiger partial charge in [-0.15, -0.1) is 9.81 Å². The average molecular weight is 542 g/mol. The summed E-state index contributed by atoms with van der Waals surface area (Å²) in [4.78, 5) is 57.8. The van der Waals surface area contributed by atoms with Gasteiger partial charge < -0.3 is 35.0 Å². The third kappa shape index (κ3) is 7.09. The zero-order valence-corrected chi connectivity index (χ0v) is 19.9. The summed E-state index contributed by atoms with van der Waals surface area (Å²) in [6.07, 6.45) is -2.11. The first-order chi connectivity index (χ1) is 18.4. The Morgan fingerprint density at radius 2 is 1.33 bits per heavy atom. The van der Waals surface area contributed by atoms with Crippen LogP contribution >= 0.6 is 0 Å². The minimum absolute atomic E-state index is 0.209. The van der Waals surface area contributed by atoms with E-state index in [1.165, 1.54) is 42.5 Å². The highest BCUT2D eigenvalue weighted by molar-refractivity contribution is 5.88. The van der Waals surface area contributed by atoms with Gasteiger partial charge in [0.2, 0.25) is 0 Å². The maximum atomic E-state index is 12.4. The number of phenols is 2. The lowest BCUT2D eigenvalue weighted by Gasteiger charge is -2.40. The number of esters is 2. The minimum atomic E-state index is -2.51. The summed E-state index contributed by atoms with van der Waals surface area (Å²) in [5.41, 5.74) is -2.41. The molecule has 2 aromatic carbocycles. The highest BCUT2D eigenvalue weighted by Gasteiger charge is 2.52. The van der Waals surface area contributed by atoms with Crippen LogP contribution in [0.5, 0.6) is 11.5 Å². The van der Waals surface area contributed by atoms with Gasteiger partial charge in [-0.2, -0.15) is 0 Å². The van der Waals surface area contributed by atoms with E-state index in [0.717, 1.165) is 18.2 Å². The van der Waals surface area contributed by atoms with Crippen LogP contribution < -0.4 is 0 Å². The Hall–Kier alpha value is -4.95. The van der Waals surface area contributed by atoms with Crippen molar-refractivity contribution in [3.63, 3.8) is 0 Å². The van der Waals surface area contributed by atoms with Gasteiger partial charge in [-0.1, -0.05) is 12.1 Å². The van der Waals surface area contributed by atoms with Gasteiger partial charge >= 0.3 is 17.9 Å². The van der Waals surface area contributed by atoms with E-state index in [1.807, 2.05) is 0 Å². The Morgan fingerprint density at radius 1 is 0.821 bits per heavy atom. The monoisotopic (exact) mass is 542 g/mol. The number of ether oxygens (including phenoxy) is 2. The fourth-order valence-electron chi connectivity index (χ4n) is 3.77.